The van der Waals surface area contributed by atoms with Crippen LogP contribution in [0.1, 0.15) is 36.1 Å². The lowest BCUT2D eigenvalue weighted by molar-refractivity contribution is 0.827. The van der Waals surface area contributed by atoms with Gasteiger partial charge in [0.25, 0.3) is 0 Å². The second-order valence-corrected chi connectivity index (χ2v) is 31.5. The smallest absolute Gasteiger partial charge is 0.0491 e. The van der Waals surface area contributed by atoms with E-state index in [1.807, 2.05) is 0 Å². The Balaban J connectivity index is 0.000000150. The summed E-state index contributed by atoms with van der Waals surface area (Å²) in [5.41, 5.74) is 37.2. The van der Waals surface area contributed by atoms with E-state index in [1.165, 1.54) is 231 Å². The Morgan fingerprint density at radius 3 is 0.621 bits per heavy atom. The summed E-state index contributed by atoms with van der Waals surface area (Å²) in [6.45, 7) is 14.9. The van der Waals surface area contributed by atoms with Crippen LogP contribution in [-0.2, 0) is 13.1 Å². The molecule has 19 aromatic carbocycles. The average molecular weight is 1480 g/mol. The number of aromatic nitrogens is 2. The van der Waals surface area contributed by atoms with Gasteiger partial charge in [0.05, 0.1) is 0 Å². The molecule has 21 rings (SSSR count). The summed E-state index contributed by atoms with van der Waals surface area (Å²) in [6, 6.07) is 145. The Morgan fingerprint density at radius 2 is 0.336 bits per heavy atom. The first kappa shape index (κ1) is 70.9. The second kappa shape index (κ2) is 29.7. The van der Waals surface area contributed by atoms with Gasteiger partial charge in [-0.3, -0.25) is 0 Å². The third kappa shape index (κ3) is 12.8. The maximum absolute atomic E-state index is 2.43. The summed E-state index contributed by atoms with van der Waals surface area (Å²) in [5.74, 6) is 0. The molecule has 0 bridgehead atoms. The number of benzene rings is 19. The van der Waals surface area contributed by atoms with Gasteiger partial charge in [0.2, 0.25) is 0 Å². The molecule has 552 valence electrons. The van der Waals surface area contributed by atoms with Gasteiger partial charge in [0, 0.05) is 56.7 Å². The molecule has 0 atom stereocenters. The highest BCUT2D eigenvalue weighted by Gasteiger charge is 2.23. The van der Waals surface area contributed by atoms with Crippen LogP contribution in [-0.4, -0.2) is 9.13 Å². The highest BCUT2D eigenvalue weighted by atomic mass is 15.0. The molecule has 0 saturated heterocycles. The van der Waals surface area contributed by atoms with Crippen LogP contribution < -0.4 is 0 Å². The van der Waals surface area contributed by atoms with E-state index in [0.717, 1.165) is 13.1 Å². The molecule has 0 aliphatic rings. The van der Waals surface area contributed by atoms with E-state index < -0.39 is 0 Å². The van der Waals surface area contributed by atoms with Gasteiger partial charge in [-0.25, -0.2) is 0 Å². The third-order valence-corrected chi connectivity index (χ3v) is 24.3. The summed E-state index contributed by atoms with van der Waals surface area (Å²) in [5, 5.41) is 15.2. The van der Waals surface area contributed by atoms with E-state index in [2.05, 4.69) is 439 Å². The molecular formula is C114H86N2. The Bertz CT molecular complexity index is 7330. The summed E-state index contributed by atoms with van der Waals surface area (Å²) < 4.78 is 4.84. The molecule has 0 saturated carbocycles. The van der Waals surface area contributed by atoms with Crippen molar-refractivity contribution in [3.63, 3.8) is 0 Å². The van der Waals surface area contributed by atoms with Crippen LogP contribution in [0.15, 0.2) is 388 Å². The average Bonchev–Trinajstić information content (AvgIpc) is 1.06. The van der Waals surface area contributed by atoms with Gasteiger partial charge in [0.15, 0.2) is 0 Å². The minimum absolute atomic E-state index is 0.940. The Kier molecular flexibility index (Phi) is 18.2. The van der Waals surface area contributed by atoms with Gasteiger partial charge in [-0.05, 0) is 268 Å². The zero-order chi connectivity index (χ0) is 78.1. The minimum Gasteiger partial charge on any atom is -0.341 e. The molecule has 0 aliphatic heterocycles. The van der Waals surface area contributed by atoms with E-state index in [4.69, 9.17) is 0 Å². The molecule has 0 radical (unpaired) electrons. The van der Waals surface area contributed by atoms with E-state index in [1.54, 1.807) is 0 Å². The van der Waals surface area contributed by atoms with Crippen molar-refractivity contribution in [2.24, 2.45) is 0 Å². The van der Waals surface area contributed by atoms with Crippen LogP contribution >= 0.6 is 0 Å². The number of fused-ring (bicyclic) bond motifs is 10. The lowest BCUT2D eigenvalue weighted by Gasteiger charge is -2.20. The third-order valence-electron chi connectivity index (χ3n) is 24.3. The molecule has 0 fully saturated rings. The molecule has 2 heterocycles. The van der Waals surface area contributed by atoms with Crippen molar-refractivity contribution in [2.75, 3.05) is 0 Å². The number of nitrogens with zero attached hydrogens (tertiary/aromatic N) is 2. The largest absolute Gasteiger partial charge is 0.341 e. The molecule has 2 nitrogen and oxygen atoms in total. The first-order chi connectivity index (χ1) is 57.0. The number of hydrogen-bond donors (Lipinski definition) is 0. The van der Waals surface area contributed by atoms with E-state index in [9.17, 15) is 0 Å². The molecule has 2 heteroatoms. The topological polar surface area (TPSA) is 9.86 Å². The first-order valence-electron chi connectivity index (χ1n) is 40.8. The molecule has 21 aromatic rings. The van der Waals surface area contributed by atoms with Crippen molar-refractivity contribution in [3.8, 4) is 122 Å². The van der Waals surface area contributed by atoms with Crippen LogP contribution in [0, 0.1) is 27.7 Å². The van der Waals surface area contributed by atoms with Crippen molar-refractivity contribution in [1.82, 2.24) is 9.13 Å². The van der Waals surface area contributed by atoms with Crippen molar-refractivity contribution < 1.29 is 0 Å². The molecule has 116 heavy (non-hydrogen) atoms. The number of aryl methyl sites for hydroxylation is 6. The Hall–Kier alpha value is -14.2. The lowest BCUT2D eigenvalue weighted by atomic mass is 9.83. The highest BCUT2D eigenvalue weighted by Crippen LogP contribution is 2.50. The molecule has 0 aliphatic carbocycles. The molecule has 2 aromatic heterocycles. The zero-order valence-corrected chi connectivity index (χ0v) is 66.3. The normalized spacial score (nSPS) is 11.6. The van der Waals surface area contributed by atoms with Gasteiger partial charge in [-0.2, -0.15) is 0 Å². The van der Waals surface area contributed by atoms with Gasteiger partial charge in [0.1, 0.15) is 0 Å². The van der Waals surface area contributed by atoms with Crippen molar-refractivity contribution in [1.29, 1.82) is 0 Å². The fourth-order valence-electron chi connectivity index (χ4n) is 18.3. The monoisotopic (exact) mass is 1480 g/mol. The van der Waals surface area contributed by atoms with Gasteiger partial charge < -0.3 is 9.13 Å². The van der Waals surface area contributed by atoms with Crippen LogP contribution in [0.4, 0.5) is 0 Å². The minimum atomic E-state index is 0.940. The van der Waals surface area contributed by atoms with Gasteiger partial charge >= 0.3 is 0 Å². The van der Waals surface area contributed by atoms with E-state index >= 15 is 0 Å². The Labute approximate surface area is 678 Å². The standard InChI is InChI=1S/C60H45N.C54H41N/c1-4-61-57-13-9-8-12-51(57)54-36-50(32-35-58(54)61)45-24-28-47(29-25-45)60-53-34-31-48(43-18-14-39(2)15-19-43)37-55(53)59(46-26-22-42(23-27-46)41-10-6-5-7-11-41)52-33-30-49(38-56(52)60)44-20-16-40(3)17-21-44;1-4-55-51-13-9-8-12-45(51)48-32-44(28-31-52(48)55)39-22-24-41(25-23-39)54-47-30-27-42(37-18-14-35(2)15-19-37)33-49(47)53(40-10-6-5-7-11-40)46-29-26-43(34-50(46)54)38-20-16-36(3)17-21-38/h5-38H,4H2,1-3H3;5-34H,4H2,1-3H3. The fraction of sp³-hybridized carbons (Fsp3) is 0.0702. The molecular weight excluding hydrogens is 1400 g/mol. The summed E-state index contributed by atoms with van der Waals surface area (Å²) in [6.07, 6.45) is 0. The van der Waals surface area contributed by atoms with Crippen LogP contribution in [0.3, 0.4) is 0 Å². The molecule has 0 unspecified atom stereocenters. The predicted octanol–water partition coefficient (Wildman–Crippen LogP) is 31.8. The summed E-state index contributed by atoms with van der Waals surface area (Å²) >= 11 is 0. The lowest BCUT2D eigenvalue weighted by Crippen LogP contribution is -1.93. The maximum atomic E-state index is 2.43. The molecule has 0 N–H and O–H groups in total. The van der Waals surface area contributed by atoms with Gasteiger partial charge in [-0.15, -0.1) is 0 Å². The maximum Gasteiger partial charge on any atom is 0.0491 e. The summed E-state index contributed by atoms with van der Waals surface area (Å²) in [7, 11) is 0. The number of hydrogen-bond acceptors (Lipinski definition) is 0. The summed E-state index contributed by atoms with van der Waals surface area (Å²) in [4.78, 5) is 0. The van der Waals surface area contributed by atoms with Crippen molar-refractivity contribution in [2.45, 2.75) is 54.6 Å². The quantitative estimate of drug-likeness (QED) is 0.102. The molecule has 0 amide bonds. The van der Waals surface area contributed by atoms with Gasteiger partial charge in [-0.1, -0.05) is 350 Å². The molecule has 0 spiro atoms. The SMILES string of the molecule is CCn1c2ccccc2c2cc(-c3ccc(-c4c5ccc(-c6ccc(C)cc6)cc5c(-c5ccc(-c6ccccc6)cc5)c5ccc(-c6ccc(C)cc6)cc45)cc3)ccc21.CCn1c2ccccc2c2cc(-c3ccc(-c4c5ccc(-c6ccc(C)cc6)cc5c(-c5ccccc5)c5ccc(-c6ccc(C)cc6)cc45)cc3)ccc21. The number of rotatable bonds is 13. The van der Waals surface area contributed by atoms with Crippen LogP contribution in [0.25, 0.3) is 209 Å². The van der Waals surface area contributed by atoms with E-state index in [-0.39, 0.29) is 0 Å². The predicted molar refractivity (Wildman–Crippen MR) is 499 cm³/mol. The fourth-order valence-corrected chi connectivity index (χ4v) is 18.3. The Morgan fingerprint density at radius 1 is 0.147 bits per heavy atom. The van der Waals surface area contributed by atoms with Crippen LogP contribution in [0.5, 0.6) is 0 Å². The van der Waals surface area contributed by atoms with Crippen molar-refractivity contribution >= 4 is 86.7 Å². The zero-order valence-electron chi connectivity index (χ0n) is 66.3. The van der Waals surface area contributed by atoms with Crippen molar-refractivity contribution in [3.05, 3.63) is 411 Å². The highest BCUT2D eigenvalue weighted by molar-refractivity contribution is 6.25. The second-order valence-electron chi connectivity index (χ2n) is 31.5. The number of para-hydroxylation sites is 2. The van der Waals surface area contributed by atoms with E-state index in [0.29, 0.717) is 0 Å². The van der Waals surface area contributed by atoms with Crippen LogP contribution in [0.2, 0.25) is 0 Å². The first-order valence-corrected chi connectivity index (χ1v) is 40.8.